The molecule has 146 valence electrons. The molecule has 0 atom stereocenters. The fraction of sp³-hybridized carbons (Fsp3) is 1.00. The number of likely N-dealkylation sites (tertiary alicyclic amines) is 1. The van der Waals surface area contributed by atoms with Crippen molar-refractivity contribution in [2.45, 2.75) is 90.9 Å². The highest BCUT2D eigenvalue weighted by Gasteiger charge is 2.28. The van der Waals surface area contributed by atoms with Crippen molar-refractivity contribution < 1.29 is 17.5 Å². The average molecular weight is 365 g/mol. The van der Waals surface area contributed by atoms with Gasteiger partial charge >= 0.3 is 0 Å². The lowest BCUT2D eigenvalue weighted by Gasteiger charge is -2.42. The molecule has 0 aromatic rings. The minimum atomic E-state index is -3.67. The van der Waals surface area contributed by atoms with Gasteiger partial charge in [-0.1, -0.05) is 52.4 Å². The molecule has 4 nitrogen and oxygen atoms in total. The van der Waals surface area contributed by atoms with Crippen molar-refractivity contribution in [2.24, 2.45) is 0 Å². The van der Waals surface area contributed by atoms with Crippen LogP contribution < -0.4 is 0 Å². The number of hydrogen-bond donors (Lipinski definition) is 1. The predicted molar refractivity (Wildman–Crippen MR) is 104 cm³/mol. The van der Waals surface area contributed by atoms with Crippen LogP contribution in [0.15, 0.2) is 0 Å². The summed E-state index contributed by atoms with van der Waals surface area (Å²) in [5.74, 6) is 0. The second kappa shape index (κ2) is 14.1. The van der Waals surface area contributed by atoms with Gasteiger partial charge in [0.1, 0.15) is 0 Å². The highest BCUT2D eigenvalue weighted by Crippen LogP contribution is 2.21. The molecule has 0 radical (unpaired) electrons. The number of piperidine rings is 1. The second-order valence-electron chi connectivity index (χ2n) is 7.50. The van der Waals surface area contributed by atoms with Gasteiger partial charge < -0.3 is 4.48 Å². The van der Waals surface area contributed by atoms with Gasteiger partial charge in [0.25, 0.3) is 10.1 Å². The summed E-state index contributed by atoms with van der Waals surface area (Å²) >= 11 is 0. The van der Waals surface area contributed by atoms with Crippen molar-refractivity contribution in [3.8, 4) is 0 Å². The van der Waals surface area contributed by atoms with Gasteiger partial charge in [-0.05, 0) is 38.5 Å². The van der Waals surface area contributed by atoms with E-state index in [1.54, 1.807) is 0 Å². The van der Waals surface area contributed by atoms with E-state index in [0.717, 1.165) is 0 Å². The summed E-state index contributed by atoms with van der Waals surface area (Å²) in [5, 5.41) is 0. The monoisotopic (exact) mass is 364 g/mol. The molecule has 1 heterocycles. The summed E-state index contributed by atoms with van der Waals surface area (Å²) in [6.45, 7) is 10.6. The summed E-state index contributed by atoms with van der Waals surface area (Å²) in [6, 6.07) is 0. The first-order valence-electron chi connectivity index (χ1n) is 10.1. The first kappa shape index (κ1) is 23.9. The van der Waals surface area contributed by atoms with Crippen LogP contribution in [0.25, 0.3) is 0 Å². The van der Waals surface area contributed by atoms with Gasteiger partial charge in [-0.25, -0.2) is 0 Å². The van der Waals surface area contributed by atoms with Crippen LogP contribution in [0.5, 0.6) is 0 Å². The third-order valence-electron chi connectivity index (χ3n) is 4.99. The van der Waals surface area contributed by atoms with E-state index in [2.05, 4.69) is 13.8 Å². The molecule has 0 unspecified atom stereocenters. The van der Waals surface area contributed by atoms with Crippen LogP contribution in [0, 0.1) is 0 Å². The Balaban J connectivity index is 0.000000922. The van der Waals surface area contributed by atoms with Crippen LogP contribution in [0.3, 0.4) is 0 Å². The first-order valence-corrected chi connectivity index (χ1v) is 12.0. The van der Waals surface area contributed by atoms with Crippen LogP contribution in [0.2, 0.25) is 0 Å². The fourth-order valence-corrected chi connectivity index (χ4v) is 3.64. The maximum atomic E-state index is 9.19. The second-order valence-corrected chi connectivity index (χ2v) is 8.97. The Kier molecular flexibility index (Phi) is 14.0. The van der Waals surface area contributed by atoms with E-state index in [1.165, 1.54) is 108 Å². The third kappa shape index (κ3) is 15.4. The first-order chi connectivity index (χ1) is 11.3. The number of quaternary nitrogens is 1. The maximum Gasteiger partial charge on any atom is 0.261 e. The normalized spacial score (nSPS) is 17.2. The Labute approximate surface area is 151 Å². The standard InChI is InChI=1S/C18H38N.CH4O3S/c1-3-5-7-8-9-10-12-16-19(15-6-4-2)17-13-11-14-18-19;1-5(2,3)4/h3-18H2,1-2H3;1H3,(H,2,3,4)/q+1;. The summed E-state index contributed by atoms with van der Waals surface area (Å²) < 4.78 is 27.3. The summed E-state index contributed by atoms with van der Waals surface area (Å²) in [7, 11) is -3.67. The molecule has 1 saturated heterocycles. The molecule has 1 aliphatic rings. The Morgan fingerprint density at radius 3 is 1.67 bits per heavy atom. The largest absolute Gasteiger partial charge is 0.324 e. The minimum absolute atomic E-state index is 0.715. The van der Waals surface area contributed by atoms with Gasteiger partial charge in [0.15, 0.2) is 0 Å². The summed E-state index contributed by atoms with van der Waals surface area (Å²) in [6.07, 6.45) is 18.2. The molecule has 1 fully saturated rings. The molecule has 1 aliphatic heterocycles. The highest BCUT2D eigenvalue weighted by atomic mass is 32.2. The van der Waals surface area contributed by atoms with E-state index in [0.29, 0.717) is 6.26 Å². The molecule has 0 spiro atoms. The van der Waals surface area contributed by atoms with E-state index < -0.39 is 10.1 Å². The topological polar surface area (TPSA) is 54.4 Å². The van der Waals surface area contributed by atoms with Gasteiger partial charge in [-0.2, -0.15) is 8.42 Å². The SMILES string of the molecule is CCCCCCCCC[N+]1(CCCC)CCCCC1.CS(=O)(=O)O. The third-order valence-corrected chi connectivity index (χ3v) is 4.99. The van der Waals surface area contributed by atoms with Gasteiger partial charge in [-0.3, -0.25) is 4.55 Å². The predicted octanol–water partition coefficient (Wildman–Crippen LogP) is 5.04. The van der Waals surface area contributed by atoms with Gasteiger partial charge in [0.05, 0.1) is 32.4 Å². The molecule has 0 bridgehead atoms. The van der Waals surface area contributed by atoms with Crippen molar-refractivity contribution in [2.75, 3.05) is 32.4 Å². The van der Waals surface area contributed by atoms with Crippen LogP contribution >= 0.6 is 0 Å². The smallest absolute Gasteiger partial charge is 0.261 e. The zero-order valence-electron chi connectivity index (χ0n) is 16.4. The van der Waals surface area contributed by atoms with Crippen LogP contribution in [-0.4, -0.2) is 49.9 Å². The number of unbranched alkanes of at least 4 members (excludes halogenated alkanes) is 7. The molecule has 0 amide bonds. The minimum Gasteiger partial charge on any atom is -0.324 e. The zero-order chi connectivity index (χ0) is 18.3. The van der Waals surface area contributed by atoms with Crippen molar-refractivity contribution in [1.29, 1.82) is 0 Å². The van der Waals surface area contributed by atoms with Crippen LogP contribution in [0.1, 0.15) is 90.9 Å². The zero-order valence-corrected chi connectivity index (χ0v) is 17.2. The molecule has 5 heteroatoms. The Bertz CT molecular complexity index is 368. The molecule has 1 rings (SSSR count). The molecular formula is C19H42NO3S+. The lowest BCUT2D eigenvalue weighted by molar-refractivity contribution is -0.932. The lowest BCUT2D eigenvalue weighted by atomic mass is 10.0. The molecule has 0 aromatic heterocycles. The fourth-order valence-electron chi connectivity index (χ4n) is 3.64. The lowest BCUT2D eigenvalue weighted by Crippen LogP contribution is -2.52. The van der Waals surface area contributed by atoms with Crippen molar-refractivity contribution >= 4 is 10.1 Å². The molecule has 0 saturated carbocycles. The van der Waals surface area contributed by atoms with Crippen molar-refractivity contribution in [1.82, 2.24) is 0 Å². The van der Waals surface area contributed by atoms with E-state index in [-0.39, 0.29) is 0 Å². The summed E-state index contributed by atoms with van der Waals surface area (Å²) in [5.41, 5.74) is 0. The Morgan fingerprint density at radius 2 is 1.17 bits per heavy atom. The van der Waals surface area contributed by atoms with Gasteiger partial charge in [0, 0.05) is 0 Å². The summed E-state index contributed by atoms with van der Waals surface area (Å²) in [4.78, 5) is 0. The Morgan fingerprint density at radius 1 is 0.750 bits per heavy atom. The number of rotatable bonds is 11. The molecule has 0 aromatic carbocycles. The molecule has 1 N–H and O–H groups in total. The Hall–Kier alpha value is -0.130. The quantitative estimate of drug-likeness (QED) is 0.317. The van der Waals surface area contributed by atoms with E-state index in [1.807, 2.05) is 0 Å². The highest BCUT2D eigenvalue weighted by molar-refractivity contribution is 7.85. The number of nitrogens with zero attached hydrogens (tertiary/aromatic N) is 1. The average Bonchev–Trinajstić information content (AvgIpc) is 2.52. The van der Waals surface area contributed by atoms with E-state index in [9.17, 15) is 8.42 Å². The number of hydrogen-bond acceptors (Lipinski definition) is 2. The van der Waals surface area contributed by atoms with Gasteiger partial charge in [-0.15, -0.1) is 0 Å². The van der Waals surface area contributed by atoms with Crippen molar-refractivity contribution in [3.05, 3.63) is 0 Å². The molecule has 0 aliphatic carbocycles. The van der Waals surface area contributed by atoms with Crippen LogP contribution in [0.4, 0.5) is 0 Å². The van der Waals surface area contributed by atoms with Crippen LogP contribution in [-0.2, 0) is 10.1 Å². The van der Waals surface area contributed by atoms with E-state index >= 15 is 0 Å². The van der Waals surface area contributed by atoms with Gasteiger partial charge in [0.2, 0.25) is 0 Å². The van der Waals surface area contributed by atoms with E-state index in [4.69, 9.17) is 4.55 Å². The van der Waals surface area contributed by atoms with Crippen molar-refractivity contribution in [3.63, 3.8) is 0 Å². The molecule has 24 heavy (non-hydrogen) atoms. The molecular weight excluding hydrogens is 322 g/mol. The maximum absolute atomic E-state index is 9.19.